The molecule has 0 spiro atoms. The van der Waals surface area contributed by atoms with Gasteiger partial charge in [0, 0.05) is 27.5 Å². The summed E-state index contributed by atoms with van der Waals surface area (Å²) in [6.07, 6.45) is 0.900. The zero-order valence-corrected chi connectivity index (χ0v) is 26.2. The number of hydrogen-bond acceptors (Lipinski definition) is 2. The van der Waals surface area contributed by atoms with E-state index < -0.39 is 0 Å². The van der Waals surface area contributed by atoms with E-state index in [9.17, 15) is 5.41 Å². The van der Waals surface area contributed by atoms with E-state index in [0.717, 1.165) is 56.3 Å². The normalized spacial score (nSPS) is 12.3. The largest absolute Gasteiger partial charge is 0.456 e. The minimum atomic E-state index is 0.186. The topological polar surface area (TPSA) is 49.4 Å². The third-order valence-electron chi connectivity index (χ3n) is 9.41. The number of para-hydroxylation sites is 1. The molecule has 0 bridgehead atoms. The van der Waals surface area contributed by atoms with Crippen LogP contribution in [0.4, 0.5) is 0 Å². The van der Waals surface area contributed by atoms with Crippen LogP contribution in [0.15, 0.2) is 173 Å². The summed E-state index contributed by atoms with van der Waals surface area (Å²) in [7, 11) is 0. The average molecular weight is 615 g/mol. The van der Waals surface area contributed by atoms with E-state index in [1.165, 1.54) is 33.4 Å². The van der Waals surface area contributed by atoms with Crippen LogP contribution in [0, 0.1) is 5.41 Å². The van der Waals surface area contributed by atoms with Crippen molar-refractivity contribution >= 4 is 33.5 Å². The van der Waals surface area contributed by atoms with Gasteiger partial charge in [0.15, 0.2) is 5.84 Å². The van der Waals surface area contributed by atoms with Crippen LogP contribution in [-0.2, 0) is 6.42 Å². The first-order chi connectivity index (χ1) is 23.7. The Kier molecular flexibility index (Phi) is 6.69. The molecule has 226 valence electrons. The van der Waals surface area contributed by atoms with Gasteiger partial charge in [-0.3, -0.25) is 5.41 Å². The summed E-state index contributed by atoms with van der Waals surface area (Å²) < 4.78 is 6.16. The van der Waals surface area contributed by atoms with Crippen LogP contribution in [-0.4, -0.2) is 11.5 Å². The van der Waals surface area contributed by atoms with Gasteiger partial charge in [-0.2, -0.15) is 0 Å². The molecule has 0 amide bonds. The van der Waals surface area contributed by atoms with Crippen molar-refractivity contribution in [1.29, 1.82) is 5.41 Å². The minimum Gasteiger partial charge on any atom is -0.456 e. The van der Waals surface area contributed by atoms with Crippen LogP contribution in [0.3, 0.4) is 0 Å². The summed E-state index contributed by atoms with van der Waals surface area (Å²) in [5.74, 6) is 0.186. The fourth-order valence-electron chi connectivity index (χ4n) is 7.04. The number of benzene rings is 7. The Bertz CT molecular complexity index is 2520. The second-order valence-corrected chi connectivity index (χ2v) is 12.3. The van der Waals surface area contributed by atoms with Gasteiger partial charge < -0.3 is 4.42 Å². The highest BCUT2D eigenvalue weighted by Crippen LogP contribution is 2.43. The molecule has 1 heterocycles. The molecule has 8 aromatic rings. The van der Waals surface area contributed by atoms with Gasteiger partial charge in [-0.1, -0.05) is 140 Å². The van der Waals surface area contributed by atoms with Crippen molar-refractivity contribution in [2.45, 2.75) is 6.42 Å². The first-order valence-corrected chi connectivity index (χ1v) is 16.3. The molecule has 7 aromatic carbocycles. The molecular weight excluding hydrogens is 585 g/mol. The van der Waals surface area contributed by atoms with Gasteiger partial charge in [-0.15, -0.1) is 0 Å². The van der Waals surface area contributed by atoms with Crippen molar-refractivity contribution in [3.63, 3.8) is 0 Å². The molecule has 9 rings (SSSR count). The summed E-state index contributed by atoms with van der Waals surface area (Å²) >= 11 is 0. The van der Waals surface area contributed by atoms with Crippen molar-refractivity contribution in [2.24, 2.45) is 4.99 Å². The number of aliphatic imine (C=N–C) groups is 1. The molecule has 1 aromatic heterocycles. The van der Waals surface area contributed by atoms with Crippen LogP contribution in [0.2, 0.25) is 0 Å². The van der Waals surface area contributed by atoms with Crippen molar-refractivity contribution in [3.05, 3.63) is 192 Å². The van der Waals surface area contributed by atoms with E-state index >= 15 is 0 Å². The Morgan fingerprint density at radius 3 is 1.96 bits per heavy atom. The summed E-state index contributed by atoms with van der Waals surface area (Å²) in [6.45, 7) is 0. The van der Waals surface area contributed by atoms with Gasteiger partial charge in [0.1, 0.15) is 11.2 Å². The first kappa shape index (κ1) is 27.9. The molecule has 1 aliphatic rings. The van der Waals surface area contributed by atoms with Crippen molar-refractivity contribution in [3.8, 4) is 33.4 Å². The Morgan fingerprint density at radius 1 is 0.479 bits per heavy atom. The van der Waals surface area contributed by atoms with Gasteiger partial charge in [0.25, 0.3) is 0 Å². The molecule has 0 atom stereocenters. The zero-order chi connectivity index (χ0) is 32.0. The molecular formula is C45H30N2O. The van der Waals surface area contributed by atoms with Crippen LogP contribution >= 0.6 is 0 Å². The van der Waals surface area contributed by atoms with Gasteiger partial charge in [-0.25, -0.2) is 4.99 Å². The van der Waals surface area contributed by atoms with E-state index in [2.05, 4.69) is 121 Å². The van der Waals surface area contributed by atoms with Crippen molar-refractivity contribution < 1.29 is 4.42 Å². The quantitative estimate of drug-likeness (QED) is 0.152. The lowest BCUT2D eigenvalue weighted by atomic mass is 9.92. The predicted octanol–water partition coefficient (Wildman–Crippen LogP) is 11.4. The molecule has 0 saturated heterocycles. The number of hydrogen-bond donors (Lipinski definition) is 1. The summed E-state index contributed by atoms with van der Waals surface area (Å²) in [6, 6.07) is 56.8. The zero-order valence-electron chi connectivity index (χ0n) is 26.2. The van der Waals surface area contributed by atoms with Gasteiger partial charge >= 0.3 is 0 Å². The monoisotopic (exact) mass is 614 g/mol. The Hall–Kier alpha value is -6.32. The maximum absolute atomic E-state index is 9.23. The average Bonchev–Trinajstić information content (AvgIpc) is 3.72. The van der Waals surface area contributed by atoms with E-state index in [0.29, 0.717) is 5.56 Å². The molecule has 3 heteroatoms. The lowest BCUT2D eigenvalue weighted by Gasteiger charge is -2.13. The SMILES string of the molecule is N=C(N=C(c1ccc(-c2ccccc2)cc1)c1ccc2c(c1)-c1c(cccc1-c1ccccc1)C2)c1ccc2c(c1)oc1ccccc12. The number of nitrogens with one attached hydrogen (secondary N) is 1. The summed E-state index contributed by atoms with van der Waals surface area (Å²) in [5, 5.41) is 11.3. The molecule has 3 nitrogen and oxygen atoms in total. The maximum atomic E-state index is 9.23. The Morgan fingerprint density at radius 2 is 1.15 bits per heavy atom. The van der Waals surface area contributed by atoms with Crippen LogP contribution in [0.5, 0.6) is 0 Å². The van der Waals surface area contributed by atoms with Crippen LogP contribution in [0.1, 0.15) is 27.8 Å². The molecule has 0 saturated carbocycles. The van der Waals surface area contributed by atoms with E-state index in [-0.39, 0.29) is 5.84 Å². The highest BCUT2D eigenvalue weighted by Gasteiger charge is 2.23. The highest BCUT2D eigenvalue weighted by molar-refractivity contribution is 6.20. The Balaban J connectivity index is 1.17. The second kappa shape index (κ2) is 11.5. The molecule has 0 radical (unpaired) electrons. The lowest BCUT2D eigenvalue weighted by Crippen LogP contribution is -2.08. The van der Waals surface area contributed by atoms with Gasteiger partial charge in [0.05, 0.1) is 5.71 Å². The minimum absolute atomic E-state index is 0.186. The van der Waals surface area contributed by atoms with E-state index in [4.69, 9.17) is 9.41 Å². The molecule has 1 aliphatic carbocycles. The Labute approximate surface area is 279 Å². The third kappa shape index (κ3) is 4.85. The standard InChI is InChI=1S/C45H30N2O/c46-45(36-24-25-39-38-15-7-8-17-41(38)48-42(39)28-36)47-44(32-20-18-30(19-21-32)29-10-3-1-4-11-29)35-23-22-33-26-34-14-9-16-37(43(34)40(33)27-35)31-12-5-2-6-13-31/h1-25,27-28,46H,26H2. The van der Waals surface area contributed by atoms with E-state index in [1.54, 1.807) is 0 Å². The summed E-state index contributed by atoms with van der Waals surface area (Å²) in [4.78, 5) is 5.07. The van der Waals surface area contributed by atoms with E-state index in [1.807, 2.05) is 42.5 Å². The molecule has 0 unspecified atom stereocenters. The molecule has 0 aliphatic heterocycles. The van der Waals surface area contributed by atoms with Crippen LogP contribution in [0.25, 0.3) is 55.3 Å². The number of amidine groups is 1. The summed E-state index contributed by atoms with van der Waals surface area (Å²) in [5.41, 5.74) is 14.9. The van der Waals surface area contributed by atoms with Crippen LogP contribution < -0.4 is 0 Å². The smallest absolute Gasteiger partial charge is 0.152 e. The first-order valence-electron chi connectivity index (χ1n) is 16.3. The van der Waals surface area contributed by atoms with Gasteiger partial charge in [-0.05, 0) is 75.2 Å². The highest BCUT2D eigenvalue weighted by atomic mass is 16.3. The third-order valence-corrected chi connectivity index (χ3v) is 9.41. The number of furan rings is 1. The number of nitrogens with zero attached hydrogens (tertiary/aromatic N) is 1. The number of fused-ring (bicyclic) bond motifs is 6. The number of rotatable bonds is 5. The molecule has 1 N–H and O–H groups in total. The van der Waals surface area contributed by atoms with Crippen molar-refractivity contribution in [2.75, 3.05) is 0 Å². The maximum Gasteiger partial charge on any atom is 0.152 e. The van der Waals surface area contributed by atoms with Gasteiger partial charge in [0.2, 0.25) is 0 Å². The lowest BCUT2D eigenvalue weighted by molar-refractivity contribution is 0.669. The fraction of sp³-hybridized carbons (Fsp3) is 0.0222. The molecule has 48 heavy (non-hydrogen) atoms. The fourth-order valence-corrected chi connectivity index (χ4v) is 7.04. The van der Waals surface area contributed by atoms with Crippen molar-refractivity contribution in [1.82, 2.24) is 0 Å². The predicted molar refractivity (Wildman–Crippen MR) is 198 cm³/mol. The molecule has 0 fully saturated rings. The second-order valence-electron chi connectivity index (χ2n) is 12.3.